The molecule has 0 aliphatic heterocycles. The first kappa shape index (κ1) is 25.4. The largest absolute Gasteiger partial charge is 0.497 e. The highest BCUT2D eigenvalue weighted by Gasteiger charge is 2.25. The zero-order chi connectivity index (χ0) is 22.8. The molecule has 0 spiro atoms. The van der Waals surface area contributed by atoms with Gasteiger partial charge in [0, 0.05) is 28.9 Å². The van der Waals surface area contributed by atoms with Crippen molar-refractivity contribution in [2.45, 2.75) is 38.6 Å². The van der Waals surface area contributed by atoms with E-state index in [0.717, 1.165) is 23.3 Å². The Morgan fingerprint density at radius 3 is 2.48 bits per heavy atom. The van der Waals surface area contributed by atoms with E-state index in [2.05, 4.69) is 5.32 Å². The van der Waals surface area contributed by atoms with Crippen LogP contribution in [0.2, 0.25) is 10.0 Å². The normalized spacial score (nSPS) is 11.6. The molecule has 0 bridgehead atoms. The van der Waals surface area contributed by atoms with E-state index < -0.39 is 6.04 Å². The number of hydrogen-bond acceptors (Lipinski definition) is 4. The van der Waals surface area contributed by atoms with Gasteiger partial charge >= 0.3 is 0 Å². The molecule has 0 saturated carbocycles. The van der Waals surface area contributed by atoms with Crippen LogP contribution < -0.4 is 10.1 Å². The minimum atomic E-state index is -0.583. The summed E-state index contributed by atoms with van der Waals surface area (Å²) in [6.45, 7) is 4.67. The Bertz CT molecular complexity index is 878. The molecule has 0 fully saturated rings. The molecule has 0 heterocycles. The molecule has 0 aromatic heterocycles. The topological polar surface area (TPSA) is 58.6 Å². The fourth-order valence-corrected chi connectivity index (χ4v) is 4.34. The molecule has 0 radical (unpaired) electrons. The molecule has 2 aromatic carbocycles. The Labute approximate surface area is 198 Å². The van der Waals surface area contributed by atoms with Crippen LogP contribution in [0.15, 0.2) is 42.5 Å². The van der Waals surface area contributed by atoms with Crippen molar-refractivity contribution in [1.29, 1.82) is 0 Å². The lowest BCUT2D eigenvalue weighted by atomic mass is 10.1. The molecule has 168 valence electrons. The fraction of sp³-hybridized carbons (Fsp3) is 0.391. The average molecular weight is 483 g/mol. The predicted molar refractivity (Wildman–Crippen MR) is 129 cm³/mol. The smallest absolute Gasteiger partial charge is 0.242 e. The Morgan fingerprint density at radius 1 is 1.16 bits per heavy atom. The first-order valence-corrected chi connectivity index (χ1v) is 12.0. The number of nitrogens with one attached hydrogen (secondary N) is 1. The molecule has 0 saturated heterocycles. The van der Waals surface area contributed by atoms with Gasteiger partial charge in [0.2, 0.25) is 11.8 Å². The third-order valence-corrected chi connectivity index (χ3v) is 6.28. The van der Waals surface area contributed by atoms with E-state index in [4.69, 9.17) is 27.9 Å². The number of benzene rings is 2. The van der Waals surface area contributed by atoms with Crippen LogP contribution in [0.5, 0.6) is 5.75 Å². The van der Waals surface area contributed by atoms with Crippen molar-refractivity contribution in [3.63, 3.8) is 0 Å². The number of hydrogen-bond donors (Lipinski definition) is 1. The Morgan fingerprint density at radius 2 is 1.87 bits per heavy atom. The van der Waals surface area contributed by atoms with Gasteiger partial charge in [-0.15, -0.1) is 11.8 Å². The van der Waals surface area contributed by atoms with Gasteiger partial charge in [-0.05, 0) is 48.7 Å². The number of carbonyl (C=O) groups is 2. The van der Waals surface area contributed by atoms with Crippen molar-refractivity contribution >= 4 is 46.8 Å². The molecular weight excluding hydrogens is 455 g/mol. The van der Waals surface area contributed by atoms with Crippen molar-refractivity contribution < 1.29 is 14.3 Å². The van der Waals surface area contributed by atoms with Gasteiger partial charge in [-0.25, -0.2) is 0 Å². The first-order valence-electron chi connectivity index (χ1n) is 10.1. The van der Waals surface area contributed by atoms with E-state index in [1.54, 1.807) is 31.1 Å². The van der Waals surface area contributed by atoms with E-state index in [1.165, 1.54) is 11.8 Å². The van der Waals surface area contributed by atoms with Crippen LogP contribution in [0, 0.1) is 0 Å². The third kappa shape index (κ3) is 7.95. The molecule has 1 unspecified atom stereocenters. The van der Waals surface area contributed by atoms with Gasteiger partial charge in [0.05, 0.1) is 12.9 Å². The average Bonchev–Trinajstić information content (AvgIpc) is 2.77. The number of methoxy groups -OCH3 is 1. The molecule has 2 aromatic rings. The summed E-state index contributed by atoms with van der Waals surface area (Å²) < 4.78 is 5.20. The van der Waals surface area contributed by atoms with Crippen LogP contribution in [0.1, 0.15) is 31.4 Å². The van der Waals surface area contributed by atoms with Crippen molar-refractivity contribution in [3.05, 3.63) is 63.6 Å². The molecule has 31 heavy (non-hydrogen) atoms. The second-order valence-electron chi connectivity index (χ2n) is 7.07. The number of halogens is 2. The zero-order valence-corrected chi connectivity index (χ0v) is 20.3. The number of nitrogens with zero attached hydrogens (tertiary/aromatic N) is 1. The third-order valence-electron chi connectivity index (χ3n) is 4.73. The molecule has 1 atom stereocenters. The highest BCUT2D eigenvalue weighted by Crippen LogP contribution is 2.25. The molecule has 5 nitrogen and oxygen atoms in total. The van der Waals surface area contributed by atoms with Crippen LogP contribution in [-0.4, -0.2) is 42.2 Å². The maximum absolute atomic E-state index is 13.1. The van der Waals surface area contributed by atoms with Gasteiger partial charge < -0.3 is 15.0 Å². The number of amides is 2. The molecule has 0 aliphatic rings. The molecule has 0 aliphatic carbocycles. The van der Waals surface area contributed by atoms with E-state index in [9.17, 15) is 9.59 Å². The number of ether oxygens (including phenoxy) is 1. The first-order chi connectivity index (χ1) is 14.8. The maximum atomic E-state index is 13.1. The lowest BCUT2D eigenvalue weighted by molar-refractivity contribution is -0.138. The summed E-state index contributed by atoms with van der Waals surface area (Å²) in [6.07, 6.45) is 0.836. The van der Waals surface area contributed by atoms with E-state index in [-0.39, 0.29) is 17.6 Å². The van der Waals surface area contributed by atoms with Crippen molar-refractivity contribution in [3.8, 4) is 5.75 Å². The summed E-state index contributed by atoms with van der Waals surface area (Å²) in [6, 6.07) is 12.2. The lowest BCUT2D eigenvalue weighted by Gasteiger charge is -2.29. The van der Waals surface area contributed by atoms with Crippen LogP contribution in [0.3, 0.4) is 0 Å². The summed E-state index contributed by atoms with van der Waals surface area (Å²) in [7, 11) is 1.61. The maximum Gasteiger partial charge on any atom is 0.242 e. The minimum Gasteiger partial charge on any atom is -0.497 e. The second kappa shape index (κ2) is 12.8. The second-order valence-corrected chi connectivity index (χ2v) is 8.89. The summed E-state index contributed by atoms with van der Waals surface area (Å²) in [5, 5.41) is 4.03. The zero-order valence-electron chi connectivity index (χ0n) is 18.0. The molecule has 8 heteroatoms. The Hall–Kier alpha value is -1.89. The van der Waals surface area contributed by atoms with Crippen molar-refractivity contribution in [2.75, 3.05) is 19.4 Å². The number of rotatable bonds is 11. The summed E-state index contributed by atoms with van der Waals surface area (Å²) in [5.74, 6) is 1.29. The summed E-state index contributed by atoms with van der Waals surface area (Å²) in [4.78, 5) is 27.2. The molecule has 1 N–H and O–H groups in total. The van der Waals surface area contributed by atoms with Gasteiger partial charge in [-0.3, -0.25) is 9.59 Å². The Kier molecular flexibility index (Phi) is 10.5. The Balaban J connectivity index is 2.07. The molecule has 2 amide bonds. The van der Waals surface area contributed by atoms with E-state index in [0.29, 0.717) is 28.9 Å². The van der Waals surface area contributed by atoms with Crippen molar-refractivity contribution in [2.24, 2.45) is 0 Å². The van der Waals surface area contributed by atoms with Crippen LogP contribution in [-0.2, 0) is 21.9 Å². The predicted octanol–water partition coefficient (Wildman–Crippen LogP) is 5.18. The van der Waals surface area contributed by atoms with Gasteiger partial charge in [0.1, 0.15) is 11.8 Å². The monoisotopic (exact) mass is 482 g/mol. The van der Waals surface area contributed by atoms with Gasteiger partial charge in [0.15, 0.2) is 0 Å². The fourth-order valence-electron chi connectivity index (χ4n) is 2.88. The highest BCUT2D eigenvalue weighted by atomic mass is 35.5. The molecular formula is C23H28Cl2N2O3S. The lowest BCUT2D eigenvalue weighted by Crippen LogP contribution is -2.48. The van der Waals surface area contributed by atoms with Gasteiger partial charge in [0.25, 0.3) is 0 Å². The van der Waals surface area contributed by atoms with Crippen LogP contribution >= 0.6 is 35.0 Å². The van der Waals surface area contributed by atoms with Crippen LogP contribution in [0.4, 0.5) is 0 Å². The van der Waals surface area contributed by atoms with E-state index >= 15 is 0 Å². The quantitative estimate of drug-likeness (QED) is 0.479. The summed E-state index contributed by atoms with van der Waals surface area (Å²) >= 11 is 13.6. The number of carbonyl (C=O) groups excluding carboxylic acids is 2. The SMILES string of the molecule is CCCNC(=O)C(C)N(Cc1ccc(OC)cc1)C(=O)CSCc1ccc(Cl)cc1Cl. The number of thioether (sulfide) groups is 1. The highest BCUT2D eigenvalue weighted by molar-refractivity contribution is 7.99. The summed E-state index contributed by atoms with van der Waals surface area (Å²) in [5.41, 5.74) is 1.84. The van der Waals surface area contributed by atoms with Gasteiger partial charge in [-0.1, -0.05) is 48.3 Å². The van der Waals surface area contributed by atoms with Gasteiger partial charge in [-0.2, -0.15) is 0 Å². The van der Waals surface area contributed by atoms with Crippen molar-refractivity contribution in [1.82, 2.24) is 10.2 Å². The van der Waals surface area contributed by atoms with Crippen LogP contribution in [0.25, 0.3) is 0 Å². The molecule has 2 rings (SSSR count). The minimum absolute atomic E-state index is 0.106. The standard InChI is InChI=1S/C23H28Cl2N2O3S/c1-4-11-26-23(29)16(2)27(13-17-5-9-20(30-3)10-6-17)22(28)15-31-14-18-7-8-19(24)12-21(18)25/h5-10,12,16H,4,11,13-15H2,1-3H3,(H,26,29). The van der Waals surface area contributed by atoms with E-state index in [1.807, 2.05) is 37.3 Å².